The lowest BCUT2D eigenvalue weighted by molar-refractivity contribution is 0.203. The molecule has 106 valence electrons. The molecule has 0 aliphatic rings. The number of rotatable bonds is 4. The highest BCUT2D eigenvalue weighted by atomic mass is 32.2. The molecule has 0 fully saturated rings. The summed E-state index contributed by atoms with van der Waals surface area (Å²) < 4.78 is 12.4. The minimum atomic E-state index is -1.22. The van der Waals surface area contributed by atoms with E-state index in [2.05, 4.69) is 0 Å². The van der Waals surface area contributed by atoms with Gasteiger partial charge in [-0.1, -0.05) is 60.7 Å². The van der Waals surface area contributed by atoms with E-state index in [1.807, 2.05) is 72.8 Å². The normalized spacial score (nSPS) is 14.0. The third-order valence-corrected chi connectivity index (χ3v) is 4.88. The van der Waals surface area contributed by atoms with Crippen molar-refractivity contribution in [1.29, 1.82) is 0 Å². The van der Waals surface area contributed by atoms with Crippen LogP contribution in [0.3, 0.4) is 0 Å². The van der Waals surface area contributed by atoms with Crippen molar-refractivity contribution in [2.24, 2.45) is 0 Å². The predicted octanol–water partition coefficient (Wildman–Crippen LogP) is 3.68. The Morgan fingerprint density at radius 3 is 2.29 bits per heavy atom. The molecule has 1 unspecified atom stereocenters. The van der Waals surface area contributed by atoms with Crippen LogP contribution < -0.4 is 0 Å². The van der Waals surface area contributed by atoms with Crippen molar-refractivity contribution in [3.8, 4) is 0 Å². The van der Waals surface area contributed by atoms with Crippen LogP contribution in [0.15, 0.2) is 77.7 Å². The third kappa shape index (κ3) is 3.20. The van der Waals surface area contributed by atoms with Crippen molar-refractivity contribution in [2.75, 3.05) is 5.75 Å². The van der Waals surface area contributed by atoms with Crippen molar-refractivity contribution in [2.45, 2.75) is 11.0 Å². The van der Waals surface area contributed by atoms with Gasteiger partial charge in [0.1, 0.15) is 0 Å². The molecule has 3 aromatic rings. The van der Waals surface area contributed by atoms with Gasteiger partial charge in [-0.15, -0.1) is 0 Å². The van der Waals surface area contributed by atoms with Crippen molar-refractivity contribution < 1.29 is 9.32 Å². The summed E-state index contributed by atoms with van der Waals surface area (Å²) in [6.07, 6.45) is -0.710. The molecule has 3 aromatic carbocycles. The standard InChI is InChI=1S/C18H16O2S/c19-18(15-7-2-1-3-8-15)13-21(20)17-11-10-14-6-4-5-9-16(14)12-17/h1-12,18-19H,13H2/t18-,21?/m0/s1. The second-order valence-corrected chi connectivity index (χ2v) is 6.44. The number of fused-ring (bicyclic) bond motifs is 1. The average molecular weight is 296 g/mol. The highest BCUT2D eigenvalue weighted by Crippen LogP contribution is 2.21. The highest BCUT2D eigenvalue weighted by molar-refractivity contribution is 7.85. The first-order valence-corrected chi connectivity index (χ1v) is 8.16. The molecule has 0 heterocycles. The minimum Gasteiger partial charge on any atom is -0.387 e. The van der Waals surface area contributed by atoms with E-state index in [-0.39, 0.29) is 5.75 Å². The van der Waals surface area contributed by atoms with Crippen LogP contribution >= 0.6 is 0 Å². The first-order chi connectivity index (χ1) is 10.2. The van der Waals surface area contributed by atoms with E-state index < -0.39 is 16.9 Å². The summed E-state index contributed by atoms with van der Waals surface area (Å²) in [5, 5.41) is 12.4. The minimum absolute atomic E-state index is 0.211. The van der Waals surface area contributed by atoms with Crippen LogP contribution in [0, 0.1) is 0 Å². The maximum atomic E-state index is 12.4. The fourth-order valence-corrected chi connectivity index (χ4v) is 3.47. The summed E-state index contributed by atoms with van der Waals surface area (Å²) in [5.41, 5.74) is 0.798. The molecule has 0 spiro atoms. The molecule has 0 aliphatic carbocycles. The summed E-state index contributed by atoms with van der Waals surface area (Å²) in [6.45, 7) is 0. The Morgan fingerprint density at radius 1 is 0.857 bits per heavy atom. The van der Waals surface area contributed by atoms with E-state index in [0.717, 1.165) is 21.2 Å². The quantitative estimate of drug-likeness (QED) is 0.797. The van der Waals surface area contributed by atoms with Gasteiger partial charge in [-0.05, 0) is 28.5 Å². The van der Waals surface area contributed by atoms with Crippen LogP contribution in [0.4, 0.5) is 0 Å². The Kier molecular flexibility index (Phi) is 4.13. The average Bonchev–Trinajstić information content (AvgIpc) is 2.55. The van der Waals surface area contributed by atoms with Gasteiger partial charge in [0, 0.05) is 4.90 Å². The summed E-state index contributed by atoms with van der Waals surface area (Å²) in [6, 6.07) is 23.1. The van der Waals surface area contributed by atoms with Gasteiger partial charge in [0.05, 0.1) is 22.7 Å². The maximum absolute atomic E-state index is 12.4. The molecule has 3 heteroatoms. The molecule has 2 atom stereocenters. The van der Waals surface area contributed by atoms with E-state index in [4.69, 9.17) is 0 Å². The zero-order valence-electron chi connectivity index (χ0n) is 11.5. The van der Waals surface area contributed by atoms with Gasteiger partial charge >= 0.3 is 0 Å². The molecule has 1 N–H and O–H groups in total. The van der Waals surface area contributed by atoms with E-state index in [9.17, 15) is 9.32 Å². The first kappa shape index (κ1) is 14.0. The molecule has 0 bridgehead atoms. The second-order valence-electron chi connectivity index (χ2n) is 4.95. The molecule has 0 saturated heterocycles. The van der Waals surface area contributed by atoms with Gasteiger partial charge in [-0.25, -0.2) is 0 Å². The Hall–Kier alpha value is -1.97. The molecule has 21 heavy (non-hydrogen) atoms. The number of hydrogen-bond acceptors (Lipinski definition) is 2. The van der Waals surface area contributed by atoms with Gasteiger partial charge in [0.25, 0.3) is 0 Å². The molecule has 0 aromatic heterocycles. The molecular formula is C18H16O2S. The van der Waals surface area contributed by atoms with Gasteiger partial charge in [0.15, 0.2) is 0 Å². The summed E-state index contributed by atoms with van der Waals surface area (Å²) >= 11 is 0. The lowest BCUT2D eigenvalue weighted by Gasteiger charge is -2.11. The monoisotopic (exact) mass is 296 g/mol. The zero-order valence-corrected chi connectivity index (χ0v) is 12.3. The van der Waals surface area contributed by atoms with Gasteiger partial charge in [-0.3, -0.25) is 4.21 Å². The van der Waals surface area contributed by atoms with Crippen LogP contribution in [0.2, 0.25) is 0 Å². The van der Waals surface area contributed by atoms with E-state index >= 15 is 0 Å². The Bertz CT molecular complexity index is 768. The molecule has 2 nitrogen and oxygen atoms in total. The highest BCUT2D eigenvalue weighted by Gasteiger charge is 2.13. The summed E-state index contributed by atoms with van der Waals surface area (Å²) in [7, 11) is -1.22. The summed E-state index contributed by atoms with van der Waals surface area (Å²) in [5.74, 6) is 0.211. The largest absolute Gasteiger partial charge is 0.387 e. The van der Waals surface area contributed by atoms with Gasteiger partial charge < -0.3 is 5.11 Å². The van der Waals surface area contributed by atoms with Gasteiger partial charge in [0.2, 0.25) is 0 Å². The molecule has 0 saturated carbocycles. The van der Waals surface area contributed by atoms with Crippen molar-refractivity contribution in [3.63, 3.8) is 0 Å². The van der Waals surface area contributed by atoms with E-state index in [1.165, 1.54) is 0 Å². The number of benzene rings is 3. The lowest BCUT2D eigenvalue weighted by Crippen LogP contribution is -2.09. The zero-order chi connectivity index (χ0) is 14.7. The number of aliphatic hydroxyl groups is 1. The van der Waals surface area contributed by atoms with Crippen LogP contribution in [0.25, 0.3) is 10.8 Å². The molecule has 3 rings (SSSR count). The topological polar surface area (TPSA) is 37.3 Å². The number of aliphatic hydroxyl groups excluding tert-OH is 1. The molecule has 0 amide bonds. The molecule has 0 aliphatic heterocycles. The van der Waals surface area contributed by atoms with Crippen LogP contribution in [-0.4, -0.2) is 15.1 Å². The Balaban J connectivity index is 1.80. The fourth-order valence-electron chi connectivity index (χ4n) is 2.32. The van der Waals surface area contributed by atoms with Crippen LogP contribution in [0.1, 0.15) is 11.7 Å². The number of hydrogen-bond donors (Lipinski definition) is 1. The van der Waals surface area contributed by atoms with Crippen molar-refractivity contribution in [3.05, 3.63) is 78.4 Å². The Labute approximate surface area is 126 Å². The third-order valence-electron chi connectivity index (χ3n) is 3.48. The predicted molar refractivity (Wildman–Crippen MR) is 86.6 cm³/mol. The first-order valence-electron chi connectivity index (χ1n) is 6.84. The van der Waals surface area contributed by atoms with Crippen LogP contribution in [-0.2, 0) is 10.8 Å². The second kappa shape index (κ2) is 6.20. The van der Waals surface area contributed by atoms with E-state index in [1.54, 1.807) is 0 Å². The SMILES string of the molecule is O=S(C[C@H](O)c1ccccc1)c1ccc2ccccc2c1. The molecular weight excluding hydrogens is 280 g/mol. The van der Waals surface area contributed by atoms with Crippen molar-refractivity contribution in [1.82, 2.24) is 0 Å². The molecule has 0 radical (unpaired) electrons. The smallest absolute Gasteiger partial charge is 0.0908 e. The van der Waals surface area contributed by atoms with Gasteiger partial charge in [-0.2, -0.15) is 0 Å². The maximum Gasteiger partial charge on any atom is 0.0908 e. The lowest BCUT2D eigenvalue weighted by atomic mass is 10.1. The van der Waals surface area contributed by atoms with Crippen molar-refractivity contribution >= 4 is 21.6 Å². The van der Waals surface area contributed by atoms with Crippen LogP contribution in [0.5, 0.6) is 0 Å². The fraction of sp³-hybridized carbons (Fsp3) is 0.111. The Morgan fingerprint density at radius 2 is 1.52 bits per heavy atom. The van der Waals surface area contributed by atoms with E-state index in [0.29, 0.717) is 0 Å². The summed E-state index contributed by atoms with van der Waals surface area (Å²) in [4.78, 5) is 0.753.